The first kappa shape index (κ1) is 15.3. The first-order chi connectivity index (χ1) is 10.1. The fourth-order valence-corrected chi connectivity index (χ4v) is 5.09. The van der Waals surface area contributed by atoms with Gasteiger partial charge < -0.3 is 10.6 Å². The molecule has 0 aromatic rings. The average molecular weight is 292 g/mol. The molecule has 3 aliphatic rings. The Kier molecular flexibility index (Phi) is 4.58. The van der Waals surface area contributed by atoms with E-state index in [4.69, 9.17) is 5.73 Å². The highest BCUT2D eigenvalue weighted by molar-refractivity contribution is 5.79. The molecule has 2 unspecified atom stereocenters. The highest BCUT2D eigenvalue weighted by atomic mass is 16.2. The number of rotatable bonds is 2. The van der Waals surface area contributed by atoms with Gasteiger partial charge in [0.2, 0.25) is 5.91 Å². The third-order valence-corrected chi connectivity index (χ3v) is 6.64. The van der Waals surface area contributed by atoms with Crippen molar-refractivity contribution in [2.24, 2.45) is 29.4 Å². The minimum Gasteiger partial charge on any atom is -0.343 e. The lowest BCUT2D eigenvalue weighted by Crippen LogP contribution is -2.50. The van der Waals surface area contributed by atoms with Crippen molar-refractivity contribution in [3.05, 3.63) is 0 Å². The molecule has 3 saturated carbocycles. The van der Waals surface area contributed by atoms with E-state index >= 15 is 0 Å². The van der Waals surface area contributed by atoms with E-state index < -0.39 is 0 Å². The van der Waals surface area contributed by atoms with Crippen molar-refractivity contribution < 1.29 is 4.79 Å². The smallest absolute Gasteiger partial charge is 0.225 e. The van der Waals surface area contributed by atoms with Gasteiger partial charge in [0.05, 0.1) is 0 Å². The van der Waals surface area contributed by atoms with Gasteiger partial charge in [0.1, 0.15) is 0 Å². The van der Waals surface area contributed by atoms with Crippen molar-refractivity contribution in [2.45, 2.75) is 76.8 Å². The zero-order valence-corrected chi connectivity index (χ0v) is 13.8. The summed E-state index contributed by atoms with van der Waals surface area (Å²) in [7, 11) is 2.05. The molecule has 3 fully saturated rings. The summed E-state index contributed by atoms with van der Waals surface area (Å²) < 4.78 is 0. The standard InChI is InChI=1S/C18H32N2O/c1-12-6-8-16(9-7-12)20(2)18(21)15-10-13-4-3-5-14(11-15)17(13)19/h12-17H,3-11,19H2,1-2H3. The van der Waals surface area contributed by atoms with Crippen molar-refractivity contribution >= 4 is 5.91 Å². The molecule has 2 atom stereocenters. The Morgan fingerprint density at radius 1 is 1.00 bits per heavy atom. The topological polar surface area (TPSA) is 46.3 Å². The molecule has 3 aliphatic carbocycles. The highest BCUT2D eigenvalue weighted by Gasteiger charge is 2.42. The number of amides is 1. The van der Waals surface area contributed by atoms with E-state index in [2.05, 4.69) is 11.8 Å². The van der Waals surface area contributed by atoms with Crippen molar-refractivity contribution in [1.29, 1.82) is 0 Å². The van der Waals surface area contributed by atoms with E-state index in [0.717, 1.165) is 18.8 Å². The fourth-order valence-electron chi connectivity index (χ4n) is 5.09. The van der Waals surface area contributed by atoms with Gasteiger partial charge in [-0.05, 0) is 69.1 Å². The van der Waals surface area contributed by atoms with Crippen LogP contribution in [-0.2, 0) is 4.79 Å². The molecular formula is C18H32N2O. The molecule has 0 aromatic heterocycles. The Bertz CT molecular complexity index is 361. The third kappa shape index (κ3) is 3.13. The lowest BCUT2D eigenvalue weighted by Gasteiger charge is -2.45. The molecule has 2 bridgehead atoms. The van der Waals surface area contributed by atoms with E-state index in [-0.39, 0.29) is 5.92 Å². The summed E-state index contributed by atoms with van der Waals surface area (Å²) >= 11 is 0. The van der Waals surface area contributed by atoms with Crippen LogP contribution in [0, 0.1) is 23.7 Å². The first-order valence-corrected chi connectivity index (χ1v) is 9.08. The SMILES string of the molecule is CC1CCC(N(C)C(=O)C2CC3CCCC(C2)C3N)CC1. The summed E-state index contributed by atoms with van der Waals surface area (Å²) in [5.41, 5.74) is 6.36. The van der Waals surface area contributed by atoms with E-state index in [9.17, 15) is 4.79 Å². The monoisotopic (exact) mass is 292 g/mol. The van der Waals surface area contributed by atoms with Crippen LogP contribution in [0.2, 0.25) is 0 Å². The van der Waals surface area contributed by atoms with Crippen LogP contribution in [0.25, 0.3) is 0 Å². The average Bonchev–Trinajstić information content (AvgIpc) is 2.46. The number of carbonyl (C=O) groups is 1. The lowest BCUT2D eigenvalue weighted by molar-refractivity contribution is -0.140. The largest absolute Gasteiger partial charge is 0.343 e. The van der Waals surface area contributed by atoms with E-state index in [0.29, 0.717) is 29.8 Å². The van der Waals surface area contributed by atoms with Crippen LogP contribution >= 0.6 is 0 Å². The first-order valence-electron chi connectivity index (χ1n) is 9.08. The molecule has 0 heterocycles. The molecule has 0 radical (unpaired) electrons. The van der Waals surface area contributed by atoms with Crippen LogP contribution in [0.5, 0.6) is 0 Å². The van der Waals surface area contributed by atoms with Gasteiger partial charge in [-0.1, -0.05) is 13.3 Å². The van der Waals surface area contributed by atoms with Crippen LogP contribution in [-0.4, -0.2) is 29.9 Å². The van der Waals surface area contributed by atoms with Crippen LogP contribution in [0.3, 0.4) is 0 Å². The summed E-state index contributed by atoms with van der Waals surface area (Å²) in [5, 5.41) is 0. The maximum absolute atomic E-state index is 12.9. The minimum absolute atomic E-state index is 0.254. The fraction of sp³-hybridized carbons (Fsp3) is 0.944. The Balaban J connectivity index is 1.60. The molecule has 3 nitrogen and oxygen atoms in total. The molecule has 1 amide bonds. The van der Waals surface area contributed by atoms with Crippen molar-refractivity contribution in [1.82, 2.24) is 4.90 Å². The maximum atomic E-state index is 12.9. The molecule has 0 spiro atoms. The number of nitrogens with two attached hydrogens (primary N) is 1. The van der Waals surface area contributed by atoms with Crippen molar-refractivity contribution in [2.75, 3.05) is 7.05 Å². The molecule has 2 N–H and O–H groups in total. The van der Waals surface area contributed by atoms with Gasteiger partial charge in [-0.3, -0.25) is 4.79 Å². The summed E-state index contributed by atoms with van der Waals surface area (Å²) in [4.78, 5) is 15.0. The highest BCUT2D eigenvalue weighted by Crippen LogP contribution is 2.42. The predicted octanol–water partition coefficient (Wildman–Crippen LogP) is 3.18. The zero-order chi connectivity index (χ0) is 15.0. The minimum atomic E-state index is 0.254. The predicted molar refractivity (Wildman–Crippen MR) is 85.7 cm³/mol. The number of nitrogens with zero attached hydrogens (tertiary/aromatic N) is 1. The van der Waals surface area contributed by atoms with Gasteiger partial charge >= 0.3 is 0 Å². The van der Waals surface area contributed by atoms with Gasteiger partial charge in [0.15, 0.2) is 0 Å². The Morgan fingerprint density at radius 2 is 1.57 bits per heavy atom. The van der Waals surface area contributed by atoms with Gasteiger partial charge in [-0.25, -0.2) is 0 Å². The van der Waals surface area contributed by atoms with Crippen LogP contribution in [0.15, 0.2) is 0 Å². The van der Waals surface area contributed by atoms with Crippen LogP contribution in [0.4, 0.5) is 0 Å². The summed E-state index contributed by atoms with van der Waals surface area (Å²) in [5.74, 6) is 2.72. The second-order valence-corrected chi connectivity index (χ2v) is 8.06. The van der Waals surface area contributed by atoms with Crippen molar-refractivity contribution in [3.8, 4) is 0 Å². The number of carbonyl (C=O) groups excluding carboxylic acids is 1. The molecule has 3 rings (SSSR count). The second kappa shape index (κ2) is 6.28. The molecule has 0 aliphatic heterocycles. The summed E-state index contributed by atoms with van der Waals surface area (Å²) in [6, 6.07) is 0.854. The molecule has 3 heteroatoms. The molecule has 0 aromatic carbocycles. The molecule has 120 valence electrons. The van der Waals surface area contributed by atoms with Crippen LogP contribution in [0.1, 0.15) is 64.7 Å². The zero-order valence-electron chi connectivity index (χ0n) is 13.8. The molecule has 0 saturated heterocycles. The quantitative estimate of drug-likeness (QED) is 0.849. The summed E-state index contributed by atoms with van der Waals surface area (Å²) in [6.07, 6.45) is 10.9. The second-order valence-electron chi connectivity index (χ2n) is 8.06. The van der Waals surface area contributed by atoms with E-state index in [1.54, 1.807) is 0 Å². The Morgan fingerprint density at radius 3 is 2.14 bits per heavy atom. The van der Waals surface area contributed by atoms with Gasteiger partial charge in [-0.2, -0.15) is 0 Å². The number of hydrogen-bond acceptors (Lipinski definition) is 2. The number of hydrogen-bond donors (Lipinski definition) is 1. The van der Waals surface area contributed by atoms with Gasteiger partial charge in [0.25, 0.3) is 0 Å². The Hall–Kier alpha value is -0.570. The maximum Gasteiger partial charge on any atom is 0.225 e. The normalized spacial score (nSPS) is 43.4. The lowest BCUT2D eigenvalue weighted by atomic mass is 9.65. The van der Waals surface area contributed by atoms with E-state index in [1.165, 1.54) is 44.9 Å². The van der Waals surface area contributed by atoms with Crippen molar-refractivity contribution in [3.63, 3.8) is 0 Å². The summed E-state index contributed by atoms with van der Waals surface area (Å²) in [6.45, 7) is 2.34. The molecule has 21 heavy (non-hydrogen) atoms. The third-order valence-electron chi connectivity index (χ3n) is 6.64. The van der Waals surface area contributed by atoms with Gasteiger partial charge in [-0.15, -0.1) is 0 Å². The molecular weight excluding hydrogens is 260 g/mol. The van der Waals surface area contributed by atoms with E-state index in [1.807, 2.05) is 7.05 Å². The van der Waals surface area contributed by atoms with Gasteiger partial charge in [0, 0.05) is 25.0 Å². The Labute approximate surface area is 129 Å². The van der Waals surface area contributed by atoms with Crippen LogP contribution < -0.4 is 5.73 Å². The number of fused-ring (bicyclic) bond motifs is 2.